The van der Waals surface area contributed by atoms with Crippen LogP contribution in [-0.2, 0) is 4.79 Å². The Morgan fingerprint density at radius 1 is 1.00 bits per heavy atom. The Morgan fingerprint density at radius 3 is 2.15 bits per heavy atom. The molecule has 3 saturated heterocycles. The van der Waals surface area contributed by atoms with Crippen LogP contribution in [0.25, 0.3) is 0 Å². The van der Waals surface area contributed by atoms with Crippen LogP contribution in [0.15, 0.2) is 4.99 Å². The highest BCUT2D eigenvalue weighted by molar-refractivity contribution is 14.0. The molecule has 0 aliphatic carbocycles. The van der Waals surface area contributed by atoms with Gasteiger partial charge in [-0.15, -0.1) is 24.0 Å². The van der Waals surface area contributed by atoms with Crippen LogP contribution >= 0.6 is 24.0 Å². The molecule has 3 aliphatic rings. The minimum Gasteiger partial charge on any atom is -0.355 e. The summed E-state index contributed by atoms with van der Waals surface area (Å²) in [6, 6.07) is 0.385. The lowest BCUT2D eigenvalue weighted by Crippen LogP contribution is -2.62. The molecule has 33 heavy (non-hydrogen) atoms. The molecule has 0 spiro atoms. The van der Waals surface area contributed by atoms with Gasteiger partial charge < -0.3 is 20.4 Å². The average molecular weight is 577 g/mol. The van der Waals surface area contributed by atoms with Crippen molar-refractivity contribution < 1.29 is 4.79 Å². The molecule has 3 fully saturated rings. The number of hydrogen-bond donors (Lipinski definition) is 2. The van der Waals surface area contributed by atoms with Crippen molar-refractivity contribution in [3.63, 3.8) is 0 Å². The Balaban J connectivity index is 0.00000385. The minimum absolute atomic E-state index is 0. The summed E-state index contributed by atoms with van der Waals surface area (Å²) >= 11 is 0. The molecule has 1 amide bonds. The zero-order chi connectivity index (χ0) is 23.0. The number of carbonyl (C=O) groups excluding carboxylic acids is 1. The first kappa shape index (κ1) is 28.6. The van der Waals surface area contributed by atoms with Crippen LogP contribution in [0.4, 0.5) is 0 Å². The monoisotopic (exact) mass is 576 g/mol. The second-order valence-electron chi connectivity index (χ2n) is 10.3. The van der Waals surface area contributed by atoms with Gasteiger partial charge in [-0.05, 0) is 84.6 Å². The van der Waals surface area contributed by atoms with Gasteiger partial charge in [-0.1, -0.05) is 20.3 Å². The standard InChI is InChI=1S/C25H48N6O.HI/c1-5-21(6-2)23(32)30-16-10-22(11-17-30)28-24(26-3)27-20-25(12-18-29(4)19-13-25)31-14-8-7-9-15-31;/h21-22H,5-20H2,1-4H3,(H2,26,27,28);1H. The molecule has 0 aromatic heterocycles. The molecule has 7 nitrogen and oxygen atoms in total. The molecular weight excluding hydrogens is 527 g/mol. The van der Waals surface area contributed by atoms with E-state index in [0.717, 1.165) is 51.3 Å². The van der Waals surface area contributed by atoms with Gasteiger partial charge in [0.25, 0.3) is 0 Å². The molecule has 192 valence electrons. The van der Waals surface area contributed by atoms with Crippen molar-refractivity contribution in [1.82, 2.24) is 25.3 Å². The van der Waals surface area contributed by atoms with Gasteiger partial charge >= 0.3 is 0 Å². The van der Waals surface area contributed by atoms with Crippen molar-refractivity contribution in [3.8, 4) is 0 Å². The molecule has 0 radical (unpaired) electrons. The number of rotatable bonds is 7. The summed E-state index contributed by atoms with van der Waals surface area (Å²) in [4.78, 5) is 24.6. The zero-order valence-electron chi connectivity index (χ0n) is 21.6. The van der Waals surface area contributed by atoms with E-state index >= 15 is 0 Å². The fourth-order valence-electron chi connectivity index (χ4n) is 5.78. The second-order valence-corrected chi connectivity index (χ2v) is 10.3. The summed E-state index contributed by atoms with van der Waals surface area (Å²) in [5.41, 5.74) is 0.246. The van der Waals surface area contributed by atoms with E-state index in [4.69, 9.17) is 0 Å². The predicted molar refractivity (Wildman–Crippen MR) is 148 cm³/mol. The average Bonchev–Trinajstić information content (AvgIpc) is 2.84. The number of amides is 1. The lowest BCUT2D eigenvalue weighted by molar-refractivity contribution is -0.136. The fraction of sp³-hybridized carbons (Fsp3) is 0.920. The minimum atomic E-state index is 0. The van der Waals surface area contributed by atoms with Crippen molar-refractivity contribution in [1.29, 1.82) is 0 Å². The maximum absolute atomic E-state index is 12.7. The molecule has 8 heteroatoms. The third kappa shape index (κ3) is 7.69. The van der Waals surface area contributed by atoms with Gasteiger partial charge in [0.2, 0.25) is 5.91 Å². The number of aliphatic imine (C=N–C) groups is 1. The van der Waals surface area contributed by atoms with E-state index in [1.807, 2.05) is 7.05 Å². The fourth-order valence-corrected chi connectivity index (χ4v) is 5.78. The lowest BCUT2D eigenvalue weighted by Gasteiger charge is -2.50. The Morgan fingerprint density at radius 2 is 1.61 bits per heavy atom. The number of piperidine rings is 3. The Kier molecular flexibility index (Phi) is 12.2. The number of hydrogen-bond acceptors (Lipinski definition) is 4. The summed E-state index contributed by atoms with van der Waals surface area (Å²) in [7, 11) is 4.12. The summed E-state index contributed by atoms with van der Waals surface area (Å²) in [6.45, 7) is 11.7. The quantitative estimate of drug-likeness (QED) is 0.277. The van der Waals surface area contributed by atoms with Crippen LogP contribution in [0, 0.1) is 5.92 Å². The highest BCUT2D eigenvalue weighted by Crippen LogP contribution is 2.31. The number of nitrogens with one attached hydrogen (secondary N) is 2. The van der Waals surface area contributed by atoms with E-state index in [2.05, 4.69) is 51.2 Å². The van der Waals surface area contributed by atoms with Crippen LogP contribution in [0.5, 0.6) is 0 Å². The molecule has 0 bridgehead atoms. The molecule has 2 N–H and O–H groups in total. The highest BCUT2D eigenvalue weighted by atomic mass is 127. The van der Waals surface area contributed by atoms with E-state index in [9.17, 15) is 4.79 Å². The van der Waals surface area contributed by atoms with Crippen LogP contribution in [0.2, 0.25) is 0 Å². The maximum Gasteiger partial charge on any atom is 0.225 e. The van der Waals surface area contributed by atoms with E-state index in [0.29, 0.717) is 11.9 Å². The maximum atomic E-state index is 12.7. The summed E-state index contributed by atoms with van der Waals surface area (Å²) in [6.07, 6.45) is 10.4. The van der Waals surface area contributed by atoms with E-state index in [1.165, 1.54) is 58.3 Å². The molecule has 0 saturated carbocycles. The van der Waals surface area contributed by atoms with Crippen molar-refractivity contribution >= 4 is 35.8 Å². The number of halogens is 1. The van der Waals surface area contributed by atoms with Gasteiger partial charge in [0.05, 0.1) is 0 Å². The summed E-state index contributed by atoms with van der Waals surface area (Å²) < 4.78 is 0. The number of nitrogens with zero attached hydrogens (tertiary/aromatic N) is 4. The Hall–Kier alpha value is -0.610. The van der Waals surface area contributed by atoms with Crippen molar-refractivity contribution in [3.05, 3.63) is 0 Å². The van der Waals surface area contributed by atoms with Crippen LogP contribution < -0.4 is 10.6 Å². The number of likely N-dealkylation sites (tertiary alicyclic amines) is 3. The third-order valence-electron chi connectivity index (χ3n) is 8.24. The van der Waals surface area contributed by atoms with E-state index in [-0.39, 0.29) is 35.4 Å². The third-order valence-corrected chi connectivity index (χ3v) is 8.24. The lowest BCUT2D eigenvalue weighted by atomic mass is 9.84. The van der Waals surface area contributed by atoms with Gasteiger partial charge in [-0.2, -0.15) is 0 Å². The topological polar surface area (TPSA) is 63.2 Å². The Bertz CT molecular complexity index is 604. The normalized spacial score (nSPS) is 23.3. The molecule has 0 unspecified atom stereocenters. The van der Waals surface area contributed by atoms with Crippen molar-refractivity contribution in [2.45, 2.75) is 83.2 Å². The van der Waals surface area contributed by atoms with Gasteiger partial charge in [-0.3, -0.25) is 14.7 Å². The van der Waals surface area contributed by atoms with Gasteiger partial charge in [0.1, 0.15) is 0 Å². The SMILES string of the molecule is CCC(CC)C(=O)N1CCC(NC(=NC)NCC2(N3CCCCC3)CCN(C)CC2)CC1.I. The first-order valence-electron chi connectivity index (χ1n) is 13.2. The second kappa shape index (κ2) is 14.1. The molecular formula is C25H49IN6O. The number of carbonyl (C=O) groups is 1. The smallest absolute Gasteiger partial charge is 0.225 e. The van der Waals surface area contributed by atoms with Crippen LogP contribution in [-0.4, -0.2) is 98.1 Å². The van der Waals surface area contributed by atoms with E-state index in [1.54, 1.807) is 0 Å². The van der Waals surface area contributed by atoms with Crippen molar-refractivity contribution in [2.24, 2.45) is 10.9 Å². The summed E-state index contributed by atoms with van der Waals surface area (Å²) in [5, 5.41) is 7.37. The molecule has 0 aromatic rings. The Labute approximate surface area is 219 Å². The predicted octanol–water partition coefficient (Wildman–Crippen LogP) is 3.15. The van der Waals surface area contributed by atoms with Crippen LogP contribution in [0.3, 0.4) is 0 Å². The van der Waals surface area contributed by atoms with Crippen LogP contribution in [0.1, 0.15) is 71.6 Å². The molecule has 0 aromatic carbocycles. The highest BCUT2D eigenvalue weighted by Gasteiger charge is 2.39. The molecule has 0 atom stereocenters. The van der Waals surface area contributed by atoms with Gasteiger partial charge in [0, 0.05) is 44.2 Å². The van der Waals surface area contributed by atoms with E-state index < -0.39 is 0 Å². The molecule has 3 rings (SSSR count). The molecule has 3 heterocycles. The van der Waals surface area contributed by atoms with Gasteiger partial charge in [-0.25, -0.2) is 0 Å². The first-order chi connectivity index (χ1) is 15.5. The summed E-state index contributed by atoms with van der Waals surface area (Å²) in [5.74, 6) is 1.46. The molecule has 3 aliphatic heterocycles. The number of guanidine groups is 1. The zero-order valence-corrected chi connectivity index (χ0v) is 23.9. The first-order valence-corrected chi connectivity index (χ1v) is 13.2. The van der Waals surface area contributed by atoms with Crippen molar-refractivity contribution in [2.75, 3.05) is 59.9 Å². The van der Waals surface area contributed by atoms with Gasteiger partial charge in [0.15, 0.2) is 5.96 Å². The largest absolute Gasteiger partial charge is 0.355 e.